The van der Waals surface area contributed by atoms with E-state index in [4.69, 9.17) is 9.31 Å². The van der Waals surface area contributed by atoms with E-state index in [1.807, 2.05) is 39.1 Å². The van der Waals surface area contributed by atoms with Gasteiger partial charge in [0.25, 0.3) is 0 Å². The molecule has 0 atom stereocenters. The van der Waals surface area contributed by atoms with Crippen molar-refractivity contribution in [3.63, 3.8) is 0 Å². The summed E-state index contributed by atoms with van der Waals surface area (Å²) in [5, 5.41) is 12.1. The fraction of sp³-hybridized carbons (Fsp3) is 0.400. The first-order chi connectivity index (χ1) is 9.73. The minimum atomic E-state index is -0.914. The van der Waals surface area contributed by atoms with E-state index in [0.717, 1.165) is 15.5 Å². The molecule has 1 saturated heterocycles. The van der Waals surface area contributed by atoms with E-state index >= 15 is 0 Å². The number of carbonyl (C=O) groups is 1. The van der Waals surface area contributed by atoms with Gasteiger partial charge in [0.1, 0.15) is 0 Å². The summed E-state index contributed by atoms with van der Waals surface area (Å²) in [6, 6.07) is 5.29. The van der Waals surface area contributed by atoms with Gasteiger partial charge in [-0.15, -0.1) is 11.3 Å². The van der Waals surface area contributed by atoms with E-state index in [0.29, 0.717) is 5.56 Å². The van der Waals surface area contributed by atoms with Gasteiger partial charge in [0.05, 0.1) is 16.8 Å². The van der Waals surface area contributed by atoms with Crippen LogP contribution in [-0.2, 0) is 9.31 Å². The highest BCUT2D eigenvalue weighted by Crippen LogP contribution is 2.37. The number of carboxylic acids is 1. The van der Waals surface area contributed by atoms with Crippen LogP contribution >= 0.6 is 11.3 Å². The van der Waals surface area contributed by atoms with Crippen LogP contribution in [0.4, 0.5) is 0 Å². The summed E-state index contributed by atoms with van der Waals surface area (Å²) >= 11 is 1.42. The Hall–Kier alpha value is -1.37. The number of thiophene rings is 1. The van der Waals surface area contributed by atoms with E-state index in [2.05, 4.69) is 0 Å². The molecule has 4 nitrogen and oxygen atoms in total. The number of carboxylic acid groups (broad SMARTS) is 1. The fourth-order valence-electron chi connectivity index (χ4n) is 2.40. The van der Waals surface area contributed by atoms with Crippen molar-refractivity contribution in [2.24, 2.45) is 0 Å². The minimum Gasteiger partial charge on any atom is -0.478 e. The van der Waals surface area contributed by atoms with Crippen LogP contribution in [0, 0.1) is 0 Å². The second-order valence-electron chi connectivity index (χ2n) is 6.27. The third-order valence-corrected chi connectivity index (χ3v) is 5.41. The third-order valence-electron chi connectivity index (χ3n) is 4.37. The molecule has 2 heterocycles. The Morgan fingerprint density at radius 3 is 2.38 bits per heavy atom. The second kappa shape index (κ2) is 4.56. The smallest absolute Gasteiger partial charge is 0.478 e. The molecule has 0 radical (unpaired) electrons. The van der Waals surface area contributed by atoms with Crippen molar-refractivity contribution in [1.29, 1.82) is 0 Å². The monoisotopic (exact) mass is 304 g/mol. The van der Waals surface area contributed by atoms with Gasteiger partial charge >= 0.3 is 13.1 Å². The normalized spacial score (nSPS) is 20.1. The Morgan fingerprint density at radius 2 is 1.81 bits per heavy atom. The highest BCUT2D eigenvalue weighted by atomic mass is 32.1. The van der Waals surface area contributed by atoms with Gasteiger partial charge in [-0.25, -0.2) is 4.79 Å². The Labute approximate surface area is 127 Å². The fourth-order valence-corrected chi connectivity index (χ4v) is 3.48. The Kier molecular flexibility index (Phi) is 3.17. The molecule has 0 unspecified atom stereocenters. The van der Waals surface area contributed by atoms with Gasteiger partial charge in [0.2, 0.25) is 0 Å². The van der Waals surface area contributed by atoms with Crippen LogP contribution in [0.15, 0.2) is 23.6 Å². The highest BCUT2D eigenvalue weighted by molar-refractivity contribution is 7.19. The number of hydrogen-bond donors (Lipinski definition) is 1. The molecule has 6 heteroatoms. The van der Waals surface area contributed by atoms with E-state index in [9.17, 15) is 9.90 Å². The van der Waals surface area contributed by atoms with Crippen LogP contribution in [0.1, 0.15) is 38.1 Å². The molecule has 3 rings (SSSR count). The number of rotatable bonds is 2. The summed E-state index contributed by atoms with van der Waals surface area (Å²) in [5.74, 6) is -0.914. The van der Waals surface area contributed by atoms with Crippen molar-refractivity contribution in [1.82, 2.24) is 0 Å². The maximum absolute atomic E-state index is 11.3. The summed E-state index contributed by atoms with van der Waals surface area (Å²) in [4.78, 5) is 11.3. The summed E-state index contributed by atoms with van der Waals surface area (Å²) in [7, 11) is -0.465. The quantitative estimate of drug-likeness (QED) is 0.867. The molecule has 1 fully saturated rings. The third kappa shape index (κ3) is 2.18. The zero-order valence-electron chi connectivity index (χ0n) is 12.5. The molecule has 0 spiro atoms. The van der Waals surface area contributed by atoms with E-state index in [-0.39, 0.29) is 0 Å². The topological polar surface area (TPSA) is 55.8 Å². The molecule has 21 heavy (non-hydrogen) atoms. The predicted octanol–water partition coefficient (Wildman–Crippen LogP) is 2.90. The Morgan fingerprint density at radius 1 is 1.19 bits per heavy atom. The SMILES string of the molecule is CC1(C)OB(c2csc3c(C(=O)O)cccc23)OC1(C)C. The van der Waals surface area contributed by atoms with Gasteiger partial charge in [-0.2, -0.15) is 0 Å². The van der Waals surface area contributed by atoms with Crippen LogP contribution in [0.5, 0.6) is 0 Å². The summed E-state index contributed by atoms with van der Waals surface area (Å²) in [6.07, 6.45) is 0. The van der Waals surface area contributed by atoms with Gasteiger partial charge in [-0.3, -0.25) is 0 Å². The summed E-state index contributed by atoms with van der Waals surface area (Å²) < 4.78 is 12.9. The van der Waals surface area contributed by atoms with Gasteiger partial charge in [0, 0.05) is 10.2 Å². The van der Waals surface area contributed by atoms with E-state index in [1.54, 1.807) is 12.1 Å². The van der Waals surface area contributed by atoms with Crippen molar-refractivity contribution < 1.29 is 19.2 Å². The van der Waals surface area contributed by atoms with Crippen molar-refractivity contribution >= 4 is 40.0 Å². The zero-order chi connectivity index (χ0) is 15.4. The van der Waals surface area contributed by atoms with E-state index < -0.39 is 24.3 Å². The van der Waals surface area contributed by atoms with Gasteiger partial charge in [-0.05, 0) is 44.5 Å². The molecule has 2 aromatic rings. The van der Waals surface area contributed by atoms with Crippen molar-refractivity contribution in [2.75, 3.05) is 0 Å². The number of hydrogen-bond acceptors (Lipinski definition) is 4. The number of aromatic carboxylic acids is 1. The average molecular weight is 304 g/mol. The predicted molar refractivity (Wildman–Crippen MR) is 84.5 cm³/mol. The largest absolute Gasteiger partial charge is 0.496 e. The molecular weight excluding hydrogens is 287 g/mol. The first-order valence-corrected chi connectivity index (χ1v) is 7.70. The minimum absolute atomic E-state index is 0.320. The van der Waals surface area contributed by atoms with Gasteiger partial charge < -0.3 is 14.4 Å². The molecule has 0 aliphatic carbocycles. The van der Waals surface area contributed by atoms with Gasteiger partial charge in [-0.1, -0.05) is 12.1 Å². The van der Waals surface area contributed by atoms with Crippen LogP contribution in [0.2, 0.25) is 0 Å². The Balaban J connectivity index is 2.08. The average Bonchev–Trinajstić information content (AvgIpc) is 2.88. The molecule has 1 aliphatic heterocycles. The molecule has 1 aromatic heterocycles. The lowest BCUT2D eigenvalue weighted by molar-refractivity contribution is 0.00578. The lowest BCUT2D eigenvalue weighted by atomic mass is 9.79. The van der Waals surface area contributed by atoms with Crippen LogP contribution in [0.25, 0.3) is 10.1 Å². The second-order valence-corrected chi connectivity index (χ2v) is 7.15. The number of fused-ring (bicyclic) bond motifs is 1. The first-order valence-electron chi connectivity index (χ1n) is 6.82. The molecule has 1 aromatic carbocycles. The van der Waals surface area contributed by atoms with Crippen LogP contribution in [0.3, 0.4) is 0 Å². The van der Waals surface area contributed by atoms with Crippen LogP contribution in [-0.4, -0.2) is 29.4 Å². The maximum Gasteiger partial charge on any atom is 0.496 e. The highest BCUT2D eigenvalue weighted by Gasteiger charge is 2.52. The Bertz CT molecular complexity index is 704. The molecule has 0 bridgehead atoms. The van der Waals surface area contributed by atoms with Crippen molar-refractivity contribution in [3.8, 4) is 0 Å². The summed E-state index contributed by atoms with van der Waals surface area (Å²) in [6.45, 7) is 8.02. The maximum atomic E-state index is 11.3. The molecule has 0 amide bonds. The summed E-state index contributed by atoms with van der Waals surface area (Å²) in [5.41, 5.74) is 0.407. The molecule has 110 valence electrons. The van der Waals surface area contributed by atoms with Crippen molar-refractivity contribution in [3.05, 3.63) is 29.1 Å². The lowest BCUT2D eigenvalue weighted by Crippen LogP contribution is -2.41. The molecule has 1 aliphatic rings. The standard InChI is InChI=1S/C15H17BO4S/c1-14(2)15(3,4)20-16(19-14)11-8-21-12-9(11)6-5-7-10(12)13(17)18/h5-8H,1-4H3,(H,17,18). The first kappa shape index (κ1) is 14.6. The van der Waals surface area contributed by atoms with Crippen molar-refractivity contribution in [2.45, 2.75) is 38.9 Å². The van der Waals surface area contributed by atoms with E-state index in [1.165, 1.54) is 11.3 Å². The van der Waals surface area contributed by atoms with Crippen LogP contribution < -0.4 is 5.46 Å². The molecule has 1 N–H and O–H groups in total. The lowest BCUT2D eigenvalue weighted by Gasteiger charge is -2.32. The number of benzene rings is 1. The zero-order valence-corrected chi connectivity index (χ0v) is 13.3. The van der Waals surface area contributed by atoms with Gasteiger partial charge in [0.15, 0.2) is 0 Å². The molecular formula is C15H17BO4S. The molecule has 0 saturated carbocycles.